The number of benzene rings is 4. The molecule has 36 heavy (non-hydrogen) atoms. The van der Waals surface area contributed by atoms with Crippen LogP contribution in [0.1, 0.15) is 11.1 Å². The molecule has 0 aromatic heterocycles. The molecule has 1 fully saturated rings. The van der Waals surface area contributed by atoms with Crippen LogP contribution in [0.25, 0.3) is 17.2 Å². The number of hydrogen-bond acceptors (Lipinski definition) is 4. The Bertz CT molecular complexity index is 1490. The van der Waals surface area contributed by atoms with E-state index in [2.05, 4.69) is 11.4 Å². The minimum absolute atomic E-state index is 0.00770. The van der Waals surface area contributed by atoms with E-state index in [0.717, 1.165) is 22.3 Å². The summed E-state index contributed by atoms with van der Waals surface area (Å²) >= 11 is 5.35. The van der Waals surface area contributed by atoms with E-state index in [9.17, 15) is 9.59 Å². The molecule has 0 unspecified atom stereocenters. The molecule has 2 amide bonds. The van der Waals surface area contributed by atoms with Gasteiger partial charge >= 0.3 is 0 Å². The van der Waals surface area contributed by atoms with Crippen LogP contribution in [-0.2, 0) is 9.59 Å². The monoisotopic (exact) mass is 490 g/mol. The van der Waals surface area contributed by atoms with Gasteiger partial charge in [-0.3, -0.25) is 19.8 Å². The number of ether oxygens (including phenoxy) is 1. The zero-order valence-corrected chi connectivity index (χ0v) is 20.3. The van der Waals surface area contributed by atoms with Crippen molar-refractivity contribution >= 4 is 40.9 Å². The Balaban J connectivity index is 1.46. The van der Waals surface area contributed by atoms with Crippen molar-refractivity contribution in [3.63, 3.8) is 0 Å². The molecular formula is C30H22N2O3S. The minimum atomic E-state index is -0.524. The van der Waals surface area contributed by atoms with Crippen molar-refractivity contribution in [2.45, 2.75) is 6.92 Å². The van der Waals surface area contributed by atoms with Gasteiger partial charge in [-0.05, 0) is 78.3 Å². The van der Waals surface area contributed by atoms with Crippen molar-refractivity contribution in [2.24, 2.45) is 0 Å². The first-order valence-corrected chi connectivity index (χ1v) is 11.8. The SMILES string of the molecule is Cc1cccc(-c2ccccc2/C=C2\C(=O)NC(=S)N(c3ccc(Oc4ccccc4)cc3)C2=O)c1. The van der Waals surface area contributed by atoms with Gasteiger partial charge in [-0.15, -0.1) is 0 Å². The predicted octanol–water partition coefficient (Wildman–Crippen LogP) is 6.29. The number of carbonyl (C=O) groups is 2. The number of nitrogens with one attached hydrogen (secondary N) is 1. The molecular weight excluding hydrogens is 468 g/mol. The van der Waals surface area contributed by atoms with E-state index in [4.69, 9.17) is 17.0 Å². The molecule has 1 N–H and O–H groups in total. The maximum atomic E-state index is 13.5. The fourth-order valence-electron chi connectivity index (χ4n) is 4.03. The third-order valence-electron chi connectivity index (χ3n) is 5.77. The maximum absolute atomic E-state index is 13.5. The number of anilines is 1. The lowest BCUT2D eigenvalue weighted by atomic mass is 9.96. The molecule has 0 aliphatic carbocycles. The lowest BCUT2D eigenvalue weighted by molar-refractivity contribution is -0.122. The van der Waals surface area contributed by atoms with E-state index in [0.29, 0.717) is 17.2 Å². The summed E-state index contributed by atoms with van der Waals surface area (Å²) in [4.78, 5) is 27.7. The van der Waals surface area contributed by atoms with Crippen LogP contribution in [-0.4, -0.2) is 16.9 Å². The molecule has 1 heterocycles. The van der Waals surface area contributed by atoms with Gasteiger partial charge in [0, 0.05) is 0 Å². The summed E-state index contributed by atoms with van der Waals surface area (Å²) in [6.07, 6.45) is 1.62. The zero-order chi connectivity index (χ0) is 25.1. The van der Waals surface area contributed by atoms with Gasteiger partial charge in [0.15, 0.2) is 5.11 Å². The topological polar surface area (TPSA) is 58.6 Å². The largest absolute Gasteiger partial charge is 0.457 e. The van der Waals surface area contributed by atoms with Gasteiger partial charge < -0.3 is 4.74 Å². The summed E-state index contributed by atoms with van der Waals surface area (Å²) in [5.74, 6) is 0.315. The van der Waals surface area contributed by atoms with Crippen LogP contribution in [0.15, 0.2) is 109 Å². The number of carbonyl (C=O) groups excluding carboxylic acids is 2. The number of amides is 2. The van der Waals surface area contributed by atoms with Gasteiger partial charge in [-0.2, -0.15) is 0 Å². The number of aryl methyl sites for hydroxylation is 1. The average Bonchev–Trinajstić information content (AvgIpc) is 2.88. The molecule has 0 saturated carbocycles. The quantitative estimate of drug-likeness (QED) is 0.203. The normalized spacial score (nSPS) is 14.6. The molecule has 4 aromatic rings. The Morgan fingerprint density at radius 2 is 1.50 bits per heavy atom. The van der Waals surface area contributed by atoms with E-state index in [1.807, 2.05) is 79.7 Å². The number of rotatable bonds is 5. The second-order valence-corrected chi connectivity index (χ2v) is 8.71. The van der Waals surface area contributed by atoms with E-state index in [-0.39, 0.29) is 10.7 Å². The molecule has 6 heteroatoms. The Kier molecular flexibility index (Phi) is 6.43. The first kappa shape index (κ1) is 23.2. The average molecular weight is 491 g/mol. The third kappa shape index (κ3) is 4.80. The number of para-hydroxylation sites is 1. The Labute approximate surface area is 214 Å². The molecule has 0 spiro atoms. The van der Waals surface area contributed by atoms with Gasteiger partial charge in [-0.1, -0.05) is 72.3 Å². The van der Waals surface area contributed by atoms with E-state index in [1.165, 1.54) is 4.90 Å². The van der Waals surface area contributed by atoms with Crippen LogP contribution in [0.5, 0.6) is 11.5 Å². The lowest BCUT2D eigenvalue weighted by Crippen LogP contribution is -2.54. The molecule has 0 atom stereocenters. The van der Waals surface area contributed by atoms with E-state index >= 15 is 0 Å². The van der Waals surface area contributed by atoms with Crippen molar-refractivity contribution < 1.29 is 14.3 Å². The maximum Gasteiger partial charge on any atom is 0.270 e. The molecule has 4 aromatic carbocycles. The molecule has 5 nitrogen and oxygen atoms in total. The molecule has 176 valence electrons. The first-order chi connectivity index (χ1) is 17.5. The molecule has 5 rings (SSSR count). The molecule has 1 aliphatic rings. The first-order valence-electron chi connectivity index (χ1n) is 11.4. The summed E-state index contributed by atoms with van der Waals surface area (Å²) in [6, 6.07) is 32.2. The number of thiocarbonyl (C=S) groups is 1. The Morgan fingerprint density at radius 3 is 2.25 bits per heavy atom. The molecule has 0 radical (unpaired) electrons. The summed E-state index contributed by atoms with van der Waals surface area (Å²) in [5, 5.41) is 2.68. The van der Waals surface area contributed by atoms with Crippen LogP contribution in [0.3, 0.4) is 0 Å². The number of hydrogen-bond donors (Lipinski definition) is 1. The lowest BCUT2D eigenvalue weighted by Gasteiger charge is -2.29. The summed E-state index contributed by atoms with van der Waals surface area (Å²) in [7, 11) is 0. The highest BCUT2D eigenvalue weighted by Gasteiger charge is 2.34. The standard InChI is InChI=1S/C30H22N2O3S/c1-20-8-7-10-21(18-20)26-13-6-5-9-22(26)19-27-28(33)31-30(36)32(29(27)34)23-14-16-25(17-15-23)35-24-11-3-2-4-12-24/h2-19H,1H3,(H,31,33,36)/b27-19+. The summed E-state index contributed by atoms with van der Waals surface area (Å²) < 4.78 is 5.84. The second-order valence-electron chi connectivity index (χ2n) is 8.32. The smallest absolute Gasteiger partial charge is 0.270 e. The predicted molar refractivity (Wildman–Crippen MR) is 146 cm³/mol. The Hall–Kier alpha value is -4.55. The van der Waals surface area contributed by atoms with Crippen molar-refractivity contribution in [1.82, 2.24) is 5.32 Å². The Morgan fingerprint density at radius 1 is 0.806 bits per heavy atom. The minimum Gasteiger partial charge on any atom is -0.457 e. The van der Waals surface area contributed by atoms with Gasteiger partial charge in [0.1, 0.15) is 17.1 Å². The van der Waals surface area contributed by atoms with Crippen molar-refractivity contribution in [2.75, 3.05) is 4.90 Å². The third-order valence-corrected chi connectivity index (χ3v) is 6.05. The molecule has 0 bridgehead atoms. The number of nitrogens with zero attached hydrogens (tertiary/aromatic N) is 1. The van der Waals surface area contributed by atoms with Gasteiger partial charge in [-0.25, -0.2) is 0 Å². The van der Waals surface area contributed by atoms with Crippen molar-refractivity contribution in [3.05, 3.63) is 120 Å². The second kappa shape index (κ2) is 9.98. The van der Waals surface area contributed by atoms with Crippen LogP contribution in [0.4, 0.5) is 5.69 Å². The summed E-state index contributed by atoms with van der Waals surface area (Å²) in [6.45, 7) is 2.03. The van der Waals surface area contributed by atoms with Crippen LogP contribution < -0.4 is 15.0 Å². The fourth-order valence-corrected chi connectivity index (χ4v) is 4.31. The van der Waals surface area contributed by atoms with Gasteiger partial charge in [0.25, 0.3) is 11.8 Å². The highest BCUT2D eigenvalue weighted by molar-refractivity contribution is 7.80. The van der Waals surface area contributed by atoms with Crippen molar-refractivity contribution in [1.29, 1.82) is 0 Å². The zero-order valence-electron chi connectivity index (χ0n) is 19.5. The molecule has 1 aliphatic heterocycles. The highest BCUT2D eigenvalue weighted by atomic mass is 32.1. The summed E-state index contributed by atoms with van der Waals surface area (Å²) in [5.41, 5.74) is 4.36. The highest BCUT2D eigenvalue weighted by Crippen LogP contribution is 2.29. The van der Waals surface area contributed by atoms with Crippen LogP contribution in [0.2, 0.25) is 0 Å². The van der Waals surface area contributed by atoms with Gasteiger partial charge in [0.2, 0.25) is 0 Å². The van der Waals surface area contributed by atoms with Gasteiger partial charge in [0.05, 0.1) is 5.69 Å². The van der Waals surface area contributed by atoms with Crippen LogP contribution >= 0.6 is 12.2 Å². The molecule has 1 saturated heterocycles. The fraction of sp³-hybridized carbons (Fsp3) is 0.0333. The van der Waals surface area contributed by atoms with Crippen molar-refractivity contribution in [3.8, 4) is 22.6 Å². The van der Waals surface area contributed by atoms with E-state index in [1.54, 1.807) is 30.3 Å². The van der Waals surface area contributed by atoms with Crippen LogP contribution in [0, 0.1) is 6.92 Å². The van der Waals surface area contributed by atoms with E-state index < -0.39 is 11.8 Å².